The van der Waals surface area contributed by atoms with Crippen LogP contribution in [-0.2, 0) is 19.6 Å². The molecule has 1 aromatic rings. The number of hydrogen-bond donors (Lipinski definition) is 1. The molecule has 2 fully saturated rings. The molecule has 2 aliphatic rings. The van der Waals surface area contributed by atoms with Crippen LogP contribution < -0.4 is 0 Å². The molecule has 2 heterocycles. The van der Waals surface area contributed by atoms with Gasteiger partial charge in [0.2, 0.25) is 15.9 Å². The number of ether oxygens (including phenoxy) is 1. The summed E-state index contributed by atoms with van der Waals surface area (Å²) in [5.41, 5.74) is 0. The lowest BCUT2D eigenvalue weighted by molar-refractivity contribution is -0.135. The van der Waals surface area contributed by atoms with Gasteiger partial charge >= 0.3 is 0 Å². The van der Waals surface area contributed by atoms with Crippen molar-refractivity contribution in [2.24, 2.45) is 5.92 Å². The zero-order valence-electron chi connectivity index (χ0n) is 16.4. The molecule has 2 unspecified atom stereocenters. The number of hydrogen-bond acceptors (Lipinski definition) is 5. The lowest BCUT2D eigenvalue weighted by atomic mass is 9.87. The van der Waals surface area contributed by atoms with Crippen LogP contribution >= 0.6 is 23.2 Å². The number of fused-ring (bicyclic) bond motifs is 2. The van der Waals surface area contributed by atoms with Crippen molar-refractivity contribution >= 4 is 39.1 Å². The van der Waals surface area contributed by atoms with Crippen LogP contribution in [0.25, 0.3) is 0 Å². The molecule has 0 spiro atoms. The highest BCUT2D eigenvalue weighted by molar-refractivity contribution is 7.89. The first-order chi connectivity index (χ1) is 13.7. The van der Waals surface area contributed by atoms with Gasteiger partial charge in [0.05, 0.1) is 17.6 Å². The second kappa shape index (κ2) is 9.08. The quantitative estimate of drug-likeness (QED) is 0.697. The Kier molecular flexibility index (Phi) is 7.13. The number of benzene rings is 1. The molecule has 29 heavy (non-hydrogen) atoms. The van der Waals surface area contributed by atoms with Crippen LogP contribution in [0, 0.1) is 5.92 Å². The Morgan fingerprint density at radius 3 is 2.48 bits per heavy atom. The highest BCUT2D eigenvalue weighted by Crippen LogP contribution is 2.39. The highest BCUT2D eigenvalue weighted by atomic mass is 35.5. The zero-order chi connectivity index (χ0) is 21.3. The fraction of sp³-hybridized carbons (Fsp3) is 0.632. The first kappa shape index (κ1) is 22.8. The first-order valence-electron chi connectivity index (χ1n) is 9.62. The van der Waals surface area contributed by atoms with Gasteiger partial charge < -0.3 is 14.7 Å². The van der Waals surface area contributed by atoms with Crippen LogP contribution in [0.5, 0.6) is 0 Å². The molecule has 0 radical (unpaired) electrons. The van der Waals surface area contributed by atoms with E-state index < -0.39 is 34.1 Å². The number of methoxy groups -OCH3 is 1. The molecule has 2 bridgehead atoms. The number of carbonyl (C=O) groups is 1. The van der Waals surface area contributed by atoms with E-state index in [1.807, 2.05) is 0 Å². The van der Waals surface area contributed by atoms with Crippen LogP contribution in [0.15, 0.2) is 23.1 Å². The summed E-state index contributed by atoms with van der Waals surface area (Å²) in [7, 11) is -2.51. The summed E-state index contributed by atoms with van der Waals surface area (Å²) in [6.07, 6.45) is 0.935. The molecule has 7 nitrogen and oxygen atoms in total. The third-order valence-electron chi connectivity index (χ3n) is 5.73. The van der Waals surface area contributed by atoms with Gasteiger partial charge in [0.25, 0.3) is 0 Å². The van der Waals surface area contributed by atoms with E-state index >= 15 is 0 Å². The van der Waals surface area contributed by atoms with E-state index in [1.54, 1.807) is 18.9 Å². The minimum absolute atomic E-state index is 0.0469. The summed E-state index contributed by atoms with van der Waals surface area (Å²) < 4.78 is 33.7. The van der Waals surface area contributed by atoms with Crippen molar-refractivity contribution in [1.82, 2.24) is 9.21 Å². The molecule has 0 aliphatic carbocycles. The standard InChI is InChI=1S/C19H26Cl2N2O5S/c1-12(24)16-11-22(6-7-28-2)19(25)18-5-3-4-17(16)23(18)29(26,27)15-9-13(20)8-14(21)10-15/h8-10,12,16-18,24H,3-7,11H2,1-2H3/t12-,16-,17?,18?/m1/s1. The SMILES string of the molecule is COCCN1C[C@H]([C@@H](C)O)C2CCCC(C1=O)N2S(=O)(=O)c1cc(Cl)cc(Cl)c1. The second-order valence-corrected chi connectivity index (χ2v) is 10.4. The van der Waals surface area contributed by atoms with Crippen LogP contribution in [0.3, 0.4) is 0 Å². The minimum atomic E-state index is -4.06. The number of amides is 1. The van der Waals surface area contributed by atoms with E-state index in [0.29, 0.717) is 32.4 Å². The summed E-state index contributed by atoms with van der Waals surface area (Å²) >= 11 is 12.1. The van der Waals surface area contributed by atoms with Crippen molar-refractivity contribution in [1.29, 1.82) is 0 Å². The van der Waals surface area contributed by atoms with Gasteiger partial charge in [-0.2, -0.15) is 4.31 Å². The molecule has 4 atom stereocenters. The number of halogens is 2. The lowest BCUT2D eigenvalue weighted by Crippen LogP contribution is -2.55. The molecule has 1 N–H and O–H groups in total. The molecule has 2 aliphatic heterocycles. The largest absolute Gasteiger partial charge is 0.393 e. The fourth-order valence-corrected chi connectivity index (χ4v) is 6.94. The van der Waals surface area contributed by atoms with Crippen LogP contribution in [-0.4, -0.2) is 73.6 Å². The number of aliphatic hydroxyl groups excluding tert-OH is 1. The number of rotatable bonds is 6. The summed E-state index contributed by atoms with van der Waals surface area (Å²) in [4.78, 5) is 14.9. The van der Waals surface area contributed by atoms with Gasteiger partial charge in [-0.25, -0.2) is 8.42 Å². The number of aliphatic hydroxyl groups is 1. The maximum atomic E-state index is 13.6. The Bertz CT molecular complexity index is 844. The Balaban J connectivity index is 2.09. The molecule has 0 saturated carbocycles. The number of carbonyl (C=O) groups excluding carboxylic acids is 1. The summed E-state index contributed by atoms with van der Waals surface area (Å²) in [5, 5.41) is 10.9. The normalized spacial score (nSPS) is 27.0. The summed E-state index contributed by atoms with van der Waals surface area (Å²) in [6.45, 7) is 2.61. The average molecular weight is 465 g/mol. The zero-order valence-corrected chi connectivity index (χ0v) is 18.8. The van der Waals surface area contributed by atoms with E-state index in [-0.39, 0.29) is 27.4 Å². The fourth-order valence-electron chi connectivity index (χ4n) is 4.34. The summed E-state index contributed by atoms with van der Waals surface area (Å²) in [5.74, 6) is -0.669. The molecule has 1 aromatic carbocycles. The molecule has 162 valence electrons. The monoisotopic (exact) mass is 464 g/mol. The molecule has 3 rings (SSSR count). The van der Waals surface area contributed by atoms with Crippen molar-refractivity contribution in [2.45, 2.75) is 49.3 Å². The molecular formula is C19H26Cl2N2O5S. The van der Waals surface area contributed by atoms with Crippen molar-refractivity contribution in [3.63, 3.8) is 0 Å². The predicted molar refractivity (Wildman–Crippen MR) is 111 cm³/mol. The van der Waals surface area contributed by atoms with Gasteiger partial charge in [0.15, 0.2) is 0 Å². The maximum absolute atomic E-state index is 13.6. The Morgan fingerprint density at radius 1 is 1.24 bits per heavy atom. The van der Waals surface area contributed by atoms with Crippen molar-refractivity contribution < 1.29 is 23.1 Å². The first-order valence-corrected chi connectivity index (χ1v) is 11.8. The smallest absolute Gasteiger partial charge is 0.244 e. The van der Waals surface area contributed by atoms with Gasteiger partial charge in [-0.15, -0.1) is 0 Å². The highest BCUT2D eigenvalue weighted by Gasteiger charge is 2.51. The predicted octanol–water partition coefficient (Wildman–Crippen LogP) is 2.39. The number of piperidine rings is 1. The van der Waals surface area contributed by atoms with Gasteiger partial charge in [-0.3, -0.25) is 4.79 Å². The van der Waals surface area contributed by atoms with Crippen molar-refractivity contribution in [2.75, 3.05) is 26.8 Å². The van der Waals surface area contributed by atoms with Gasteiger partial charge in [-0.1, -0.05) is 23.2 Å². The van der Waals surface area contributed by atoms with E-state index in [1.165, 1.54) is 22.5 Å². The molecule has 10 heteroatoms. The van der Waals surface area contributed by atoms with E-state index in [0.717, 1.165) is 0 Å². The molecule has 0 aromatic heterocycles. The molecule has 2 saturated heterocycles. The Hall–Kier alpha value is -0.900. The van der Waals surface area contributed by atoms with Crippen molar-refractivity contribution in [3.05, 3.63) is 28.2 Å². The molecule has 1 amide bonds. The number of sulfonamides is 1. The van der Waals surface area contributed by atoms with E-state index in [4.69, 9.17) is 27.9 Å². The third kappa shape index (κ3) is 4.57. The maximum Gasteiger partial charge on any atom is 0.244 e. The third-order valence-corrected chi connectivity index (χ3v) is 8.08. The number of nitrogens with zero attached hydrogens (tertiary/aromatic N) is 2. The summed E-state index contributed by atoms with van der Waals surface area (Å²) in [6, 6.07) is 2.83. The average Bonchev–Trinajstić information content (AvgIpc) is 2.72. The van der Waals surface area contributed by atoms with E-state index in [9.17, 15) is 18.3 Å². The second-order valence-electron chi connectivity index (χ2n) is 7.64. The van der Waals surface area contributed by atoms with Gasteiger partial charge in [-0.05, 0) is 44.4 Å². The van der Waals surface area contributed by atoms with Crippen LogP contribution in [0.2, 0.25) is 10.0 Å². The van der Waals surface area contributed by atoms with Crippen molar-refractivity contribution in [3.8, 4) is 0 Å². The van der Waals surface area contributed by atoms with Gasteiger partial charge in [0.1, 0.15) is 6.04 Å². The van der Waals surface area contributed by atoms with Crippen LogP contribution in [0.1, 0.15) is 26.2 Å². The molecular weight excluding hydrogens is 439 g/mol. The van der Waals surface area contributed by atoms with Crippen LogP contribution in [0.4, 0.5) is 0 Å². The Labute approximate surface area is 181 Å². The minimum Gasteiger partial charge on any atom is -0.393 e. The lowest BCUT2D eigenvalue weighted by Gasteiger charge is -2.41. The van der Waals surface area contributed by atoms with Gasteiger partial charge in [0, 0.05) is 42.2 Å². The van der Waals surface area contributed by atoms with E-state index in [2.05, 4.69) is 0 Å². The Morgan fingerprint density at radius 2 is 1.90 bits per heavy atom. The topological polar surface area (TPSA) is 87.2 Å².